The Hall–Kier alpha value is 0.120. The molecule has 2 aliphatic rings. The molecule has 0 aromatic heterocycles. The topological polar surface area (TPSA) is 35.6 Å². The van der Waals surface area contributed by atoms with Crippen LogP contribution in [0.4, 0.5) is 4.79 Å². The van der Waals surface area contributed by atoms with E-state index < -0.39 is 0 Å². The maximum atomic E-state index is 11.0. The molecule has 1 saturated heterocycles. The molecule has 2 fully saturated rings. The fraction of sp³-hybridized carbons (Fsp3) is 0.929. The molecule has 2 rings (SSSR count). The Morgan fingerprint density at radius 1 is 1.11 bits per heavy atom. The van der Waals surface area contributed by atoms with Gasteiger partial charge in [0, 0.05) is 61.4 Å². The third kappa shape index (κ3) is 5.19. The molecule has 1 aliphatic carbocycles. The molecule has 1 N–H and O–H groups in total. The standard InChI is InChI=1S/C14H26IN3O/c1-2-17-7-9-18(10-8-17)11-12-3-5-13(6-4-12)16-14(15)19/h12-13H,2-11H2,1H3,(H,16,19)/t12-,13-. The fourth-order valence-corrected chi connectivity index (χ4v) is 3.74. The number of piperazine rings is 1. The van der Waals surface area contributed by atoms with Crippen LogP contribution in [0.5, 0.6) is 0 Å². The molecule has 0 aromatic rings. The van der Waals surface area contributed by atoms with Crippen LogP contribution < -0.4 is 5.32 Å². The quantitative estimate of drug-likeness (QED) is 0.463. The van der Waals surface area contributed by atoms with Crippen LogP contribution in [0.25, 0.3) is 0 Å². The molecule has 5 heteroatoms. The first-order valence-corrected chi connectivity index (χ1v) is 8.66. The van der Waals surface area contributed by atoms with Crippen LogP contribution in [0.2, 0.25) is 0 Å². The maximum absolute atomic E-state index is 11.0. The van der Waals surface area contributed by atoms with Gasteiger partial charge in [-0.1, -0.05) is 6.92 Å². The van der Waals surface area contributed by atoms with Gasteiger partial charge >= 0.3 is 0 Å². The van der Waals surface area contributed by atoms with Gasteiger partial charge in [-0.15, -0.1) is 0 Å². The molecule has 0 aromatic carbocycles. The Morgan fingerprint density at radius 2 is 1.68 bits per heavy atom. The van der Waals surface area contributed by atoms with Crippen molar-refractivity contribution < 1.29 is 4.79 Å². The lowest BCUT2D eigenvalue weighted by Crippen LogP contribution is -2.48. The predicted molar refractivity (Wildman–Crippen MR) is 86.9 cm³/mol. The summed E-state index contributed by atoms with van der Waals surface area (Å²) in [4.78, 5) is 16.2. The van der Waals surface area contributed by atoms with Crippen molar-refractivity contribution >= 4 is 26.5 Å². The van der Waals surface area contributed by atoms with Crippen LogP contribution >= 0.6 is 22.6 Å². The number of likely N-dealkylation sites (N-methyl/N-ethyl adjacent to an activating group) is 1. The Balaban J connectivity index is 1.64. The predicted octanol–water partition coefficient (Wildman–Crippen LogP) is 2.33. The second kappa shape index (κ2) is 7.78. The first-order chi connectivity index (χ1) is 9.17. The van der Waals surface area contributed by atoms with Crippen LogP contribution in [0.15, 0.2) is 0 Å². The van der Waals surface area contributed by atoms with E-state index in [4.69, 9.17) is 0 Å². The molecule has 0 spiro atoms. The monoisotopic (exact) mass is 379 g/mol. The number of hydrogen-bond acceptors (Lipinski definition) is 3. The molecule has 0 radical (unpaired) electrons. The zero-order valence-corrected chi connectivity index (χ0v) is 14.1. The summed E-state index contributed by atoms with van der Waals surface area (Å²) in [6, 6.07) is 0.428. The molecular formula is C14H26IN3O. The van der Waals surface area contributed by atoms with Crippen molar-refractivity contribution in [2.24, 2.45) is 5.92 Å². The van der Waals surface area contributed by atoms with Crippen molar-refractivity contribution in [2.75, 3.05) is 39.3 Å². The molecule has 1 amide bonds. The van der Waals surface area contributed by atoms with Crippen LogP contribution in [0.1, 0.15) is 32.6 Å². The number of hydrogen-bond donors (Lipinski definition) is 1. The molecule has 110 valence electrons. The third-order valence-corrected chi connectivity index (χ3v) is 4.90. The molecule has 4 nitrogen and oxygen atoms in total. The van der Waals surface area contributed by atoms with Gasteiger partial charge in [-0.05, 0) is 38.1 Å². The number of nitrogens with one attached hydrogen (secondary N) is 1. The first kappa shape index (κ1) is 15.5. The lowest BCUT2D eigenvalue weighted by Gasteiger charge is -2.37. The lowest BCUT2D eigenvalue weighted by molar-refractivity contribution is 0.110. The van der Waals surface area contributed by atoms with Gasteiger partial charge in [-0.3, -0.25) is 4.79 Å². The minimum Gasteiger partial charge on any atom is -0.345 e. The Kier molecular flexibility index (Phi) is 6.35. The van der Waals surface area contributed by atoms with E-state index in [1.54, 1.807) is 0 Å². The van der Waals surface area contributed by atoms with Gasteiger partial charge in [-0.25, -0.2) is 0 Å². The van der Waals surface area contributed by atoms with Crippen molar-refractivity contribution in [1.29, 1.82) is 0 Å². The van der Waals surface area contributed by atoms with Crippen LogP contribution in [0, 0.1) is 5.92 Å². The Morgan fingerprint density at radius 3 is 2.21 bits per heavy atom. The molecule has 0 atom stereocenters. The van der Waals surface area contributed by atoms with Crippen molar-refractivity contribution in [3.8, 4) is 0 Å². The highest BCUT2D eigenvalue weighted by Gasteiger charge is 2.24. The molecule has 1 aliphatic heterocycles. The van der Waals surface area contributed by atoms with E-state index in [0.717, 1.165) is 18.8 Å². The molecule has 1 saturated carbocycles. The number of halogens is 1. The van der Waals surface area contributed by atoms with Crippen molar-refractivity contribution in [3.63, 3.8) is 0 Å². The smallest absolute Gasteiger partial charge is 0.280 e. The van der Waals surface area contributed by atoms with Crippen LogP contribution in [-0.2, 0) is 0 Å². The summed E-state index contributed by atoms with van der Waals surface area (Å²) < 4.78 is 0.0942. The van der Waals surface area contributed by atoms with Gasteiger partial charge in [0.15, 0.2) is 0 Å². The summed E-state index contributed by atoms with van der Waals surface area (Å²) in [5, 5.41) is 3.05. The normalized spacial score (nSPS) is 30.2. The van der Waals surface area contributed by atoms with E-state index in [1.807, 2.05) is 22.6 Å². The highest BCUT2D eigenvalue weighted by Crippen LogP contribution is 2.25. The molecular weight excluding hydrogens is 353 g/mol. The summed E-state index contributed by atoms with van der Waals surface area (Å²) in [5.41, 5.74) is 0. The highest BCUT2D eigenvalue weighted by atomic mass is 127. The molecule has 19 heavy (non-hydrogen) atoms. The van der Waals surface area contributed by atoms with Crippen LogP contribution in [0.3, 0.4) is 0 Å². The number of rotatable bonds is 4. The maximum Gasteiger partial charge on any atom is 0.280 e. The minimum absolute atomic E-state index is 0.0942. The summed E-state index contributed by atoms with van der Waals surface area (Å²) in [5.74, 6) is 0.843. The van der Waals surface area contributed by atoms with E-state index >= 15 is 0 Å². The molecule has 0 unspecified atom stereocenters. The van der Waals surface area contributed by atoms with E-state index in [9.17, 15) is 4.79 Å². The van der Waals surface area contributed by atoms with Gasteiger partial charge in [0.05, 0.1) is 0 Å². The Labute approximate surface area is 130 Å². The van der Waals surface area contributed by atoms with Gasteiger partial charge < -0.3 is 15.1 Å². The van der Waals surface area contributed by atoms with E-state index in [0.29, 0.717) is 6.04 Å². The first-order valence-electron chi connectivity index (χ1n) is 7.58. The summed E-state index contributed by atoms with van der Waals surface area (Å²) >= 11 is 1.84. The van der Waals surface area contributed by atoms with Gasteiger partial charge in [0.2, 0.25) is 0 Å². The largest absolute Gasteiger partial charge is 0.345 e. The number of amides is 1. The average molecular weight is 379 g/mol. The summed E-state index contributed by atoms with van der Waals surface area (Å²) in [7, 11) is 0. The third-order valence-electron chi connectivity index (χ3n) is 4.59. The zero-order chi connectivity index (χ0) is 13.7. The van der Waals surface area contributed by atoms with E-state index in [-0.39, 0.29) is 3.91 Å². The molecule has 0 bridgehead atoms. The van der Waals surface area contributed by atoms with Gasteiger partial charge in [0.1, 0.15) is 0 Å². The van der Waals surface area contributed by atoms with Crippen molar-refractivity contribution in [2.45, 2.75) is 38.6 Å². The Bertz CT molecular complexity index is 284. The van der Waals surface area contributed by atoms with Gasteiger partial charge in [0.25, 0.3) is 3.91 Å². The minimum atomic E-state index is 0.0942. The van der Waals surface area contributed by atoms with Crippen LogP contribution in [-0.4, -0.2) is 59.0 Å². The SMILES string of the molecule is CCN1CCN(C[C@H]2CC[C@H](NC(=O)I)CC2)CC1. The van der Waals surface area contributed by atoms with E-state index in [1.165, 1.54) is 52.1 Å². The number of nitrogens with zero attached hydrogens (tertiary/aromatic N) is 2. The highest BCUT2D eigenvalue weighted by molar-refractivity contribution is 14.1. The van der Waals surface area contributed by atoms with Crippen molar-refractivity contribution in [3.05, 3.63) is 0 Å². The second-order valence-electron chi connectivity index (χ2n) is 5.87. The lowest BCUT2D eigenvalue weighted by atomic mass is 9.85. The second-order valence-corrected chi connectivity index (χ2v) is 6.85. The van der Waals surface area contributed by atoms with Gasteiger partial charge in [-0.2, -0.15) is 0 Å². The van der Waals surface area contributed by atoms with Crippen molar-refractivity contribution in [1.82, 2.24) is 15.1 Å². The number of carbonyl (C=O) groups is 1. The van der Waals surface area contributed by atoms with E-state index in [2.05, 4.69) is 22.0 Å². The zero-order valence-electron chi connectivity index (χ0n) is 11.9. The fourth-order valence-electron chi connectivity index (χ4n) is 3.30. The molecule has 1 heterocycles. The average Bonchev–Trinajstić information content (AvgIpc) is 2.41. The number of carbonyl (C=O) groups excluding carboxylic acids is 1. The summed E-state index contributed by atoms with van der Waals surface area (Å²) in [6.07, 6.45) is 4.87. The summed E-state index contributed by atoms with van der Waals surface area (Å²) in [6.45, 7) is 9.64.